The summed E-state index contributed by atoms with van der Waals surface area (Å²) >= 11 is 0. The number of nitrogens with one attached hydrogen (secondary N) is 1. The second-order valence-corrected chi connectivity index (χ2v) is 3.61. The Morgan fingerprint density at radius 1 is 1.57 bits per heavy atom. The summed E-state index contributed by atoms with van der Waals surface area (Å²) in [6.07, 6.45) is 1.80. The third kappa shape index (κ3) is 3.34. The third-order valence-corrected chi connectivity index (χ3v) is 2.08. The van der Waals surface area contributed by atoms with Crippen molar-refractivity contribution in [2.75, 3.05) is 25.6 Å². The van der Waals surface area contributed by atoms with E-state index in [4.69, 9.17) is 4.74 Å². The minimum Gasteiger partial charge on any atom is -0.384 e. The molecule has 0 aromatic carbocycles. The minimum absolute atomic E-state index is 0.501. The van der Waals surface area contributed by atoms with Gasteiger partial charge in [-0.15, -0.1) is 0 Å². The molecule has 1 rings (SSSR count). The molecule has 0 amide bonds. The molecular weight excluding hydrogens is 176 g/mol. The van der Waals surface area contributed by atoms with Gasteiger partial charge in [0, 0.05) is 19.9 Å². The van der Waals surface area contributed by atoms with E-state index in [-0.39, 0.29) is 0 Å². The first-order valence-electron chi connectivity index (χ1n) is 4.88. The number of hydrogen-bond donors (Lipinski definition) is 1. The Morgan fingerprint density at radius 3 is 3.00 bits per heavy atom. The van der Waals surface area contributed by atoms with Gasteiger partial charge in [-0.2, -0.15) is 0 Å². The second kappa shape index (κ2) is 5.60. The van der Waals surface area contributed by atoms with E-state index >= 15 is 0 Å². The Bertz CT molecular complexity index is 276. The van der Waals surface area contributed by atoms with Gasteiger partial charge < -0.3 is 10.1 Å². The second-order valence-electron chi connectivity index (χ2n) is 3.61. The van der Waals surface area contributed by atoms with Crippen molar-refractivity contribution >= 4 is 5.82 Å². The number of rotatable bonds is 5. The van der Waals surface area contributed by atoms with Gasteiger partial charge in [0.1, 0.15) is 5.82 Å². The lowest BCUT2D eigenvalue weighted by Crippen LogP contribution is -2.16. The van der Waals surface area contributed by atoms with E-state index in [0.717, 1.165) is 19.0 Å². The van der Waals surface area contributed by atoms with Crippen molar-refractivity contribution in [3.63, 3.8) is 0 Å². The molecule has 14 heavy (non-hydrogen) atoms. The molecule has 1 aromatic rings. The average Bonchev–Trinajstić information content (AvgIpc) is 2.17. The minimum atomic E-state index is 0.501. The van der Waals surface area contributed by atoms with E-state index in [1.165, 1.54) is 5.56 Å². The molecule has 0 aliphatic heterocycles. The Labute approximate surface area is 85.5 Å². The maximum Gasteiger partial charge on any atom is 0.128 e. The van der Waals surface area contributed by atoms with Crippen molar-refractivity contribution < 1.29 is 4.74 Å². The van der Waals surface area contributed by atoms with Crippen molar-refractivity contribution in [3.05, 3.63) is 23.9 Å². The van der Waals surface area contributed by atoms with Crippen molar-refractivity contribution in [2.24, 2.45) is 5.92 Å². The van der Waals surface area contributed by atoms with Crippen molar-refractivity contribution in [3.8, 4) is 0 Å². The normalized spacial score (nSPS) is 12.5. The van der Waals surface area contributed by atoms with Crippen LogP contribution in [-0.4, -0.2) is 25.2 Å². The Balaban J connectivity index is 2.41. The monoisotopic (exact) mass is 194 g/mol. The fourth-order valence-electron chi connectivity index (χ4n) is 1.29. The topological polar surface area (TPSA) is 34.1 Å². The van der Waals surface area contributed by atoms with E-state index < -0.39 is 0 Å². The number of aromatic nitrogens is 1. The Kier molecular flexibility index (Phi) is 4.40. The van der Waals surface area contributed by atoms with Gasteiger partial charge in [0.05, 0.1) is 6.61 Å². The highest BCUT2D eigenvalue weighted by Crippen LogP contribution is 2.09. The molecular formula is C11H18N2O. The maximum atomic E-state index is 5.06. The van der Waals surface area contributed by atoms with E-state index in [9.17, 15) is 0 Å². The van der Waals surface area contributed by atoms with Gasteiger partial charge in [-0.05, 0) is 24.5 Å². The lowest BCUT2D eigenvalue weighted by atomic mass is 10.2. The van der Waals surface area contributed by atoms with Crippen molar-refractivity contribution in [1.29, 1.82) is 0 Å². The SMILES string of the molecule is COCC(C)CNc1ncccc1C. The van der Waals surface area contributed by atoms with Crippen LogP contribution in [0.1, 0.15) is 12.5 Å². The summed E-state index contributed by atoms with van der Waals surface area (Å²) in [5.41, 5.74) is 1.18. The van der Waals surface area contributed by atoms with E-state index in [1.54, 1.807) is 13.3 Å². The lowest BCUT2D eigenvalue weighted by Gasteiger charge is -2.12. The first-order chi connectivity index (χ1) is 6.74. The van der Waals surface area contributed by atoms with Crippen LogP contribution in [0.3, 0.4) is 0 Å². The first-order valence-corrected chi connectivity index (χ1v) is 4.88. The molecule has 3 nitrogen and oxygen atoms in total. The molecule has 0 aliphatic carbocycles. The van der Waals surface area contributed by atoms with Crippen LogP contribution in [0.15, 0.2) is 18.3 Å². The van der Waals surface area contributed by atoms with Gasteiger partial charge >= 0.3 is 0 Å². The summed E-state index contributed by atoms with van der Waals surface area (Å²) in [5, 5.41) is 3.31. The van der Waals surface area contributed by atoms with Crippen molar-refractivity contribution in [1.82, 2.24) is 4.98 Å². The number of pyridine rings is 1. The fourth-order valence-corrected chi connectivity index (χ4v) is 1.29. The molecule has 0 fully saturated rings. The van der Waals surface area contributed by atoms with Gasteiger partial charge in [0.2, 0.25) is 0 Å². The van der Waals surface area contributed by atoms with E-state index in [0.29, 0.717) is 5.92 Å². The molecule has 0 saturated carbocycles. The molecule has 0 saturated heterocycles. The number of anilines is 1. The molecule has 3 heteroatoms. The third-order valence-electron chi connectivity index (χ3n) is 2.08. The molecule has 1 unspecified atom stereocenters. The van der Waals surface area contributed by atoms with Crippen LogP contribution in [0.5, 0.6) is 0 Å². The number of ether oxygens (including phenoxy) is 1. The zero-order valence-corrected chi connectivity index (χ0v) is 9.08. The summed E-state index contributed by atoms with van der Waals surface area (Å²) < 4.78 is 5.06. The van der Waals surface area contributed by atoms with E-state index in [1.807, 2.05) is 6.07 Å². The number of hydrogen-bond acceptors (Lipinski definition) is 3. The summed E-state index contributed by atoms with van der Waals surface area (Å²) in [6, 6.07) is 4.00. The highest BCUT2D eigenvalue weighted by molar-refractivity contribution is 5.42. The van der Waals surface area contributed by atoms with Crippen LogP contribution in [0.25, 0.3) is 0 Å². The lowest BCUT2D eigenvalue weighted by molar-refractivity contribution is 0.164. The number of aryl methyl sites for hydroxylation is 1. The molecule has 0 aliphatic rings. The van der Waals surface area contributed by atoms with Crippen LogP contribution >= 0.6 is 0 Å². The number of methoxy groups -OCH3 is 1. The molecule has 0 bridgehead atoms. The largest absolute Gasteiger partial charge is 0.384 e. The van der Waals surface area contributed by atoms with Gasteiger partial charge in [-0.1, -0.05) is 13.0 Å². The summed E-state index contributed by atoms with van der Waals surface area (Å²) in [6.45, 7) is 5.87. The van der Waals surface area contributed by atoms with Gasteiger partial charge in [0.25, 0.3) is 0 Å². The van der Waals surface area contributed by atoms with Crippen LogP contribution < -0.4 is 5.32 Å². The predicted octanol–water partition coefficient (Wildman–Crippen LogP) is 2.08. The average molecular weight is 194 g/mol. The Morgan fingerprint density at radius 2 is 2.36 bits per heavy atom. The quantitative estimate of drug-likeness (QED) is 0.779. The molecule has 1 N–H and O–H groups in total. The summed E-state index contributed by atoms with van der Waals surface area (Å²) in [7, 11) is 1.72. The zero-order valence-electron chi connectivity index (χ0n) is 9.08. The van der Waals surface area contributed by atoms with Crippen LogP contribution in [0.2, 0.25) is 0 Å². The highest BCUT2D eigenvalue weighted by atomic mass is 16.5. The molecule has 1 aromatic heterocycles. The van der Waals surface area contributed by atoms with Crippen LogP contribution in [0, 0.1) is 12.8 Å². The smallest absolute Gasteiger partial charge is 0.128 e. The zero-order chi connectivity index (χ0) is 10.4. The predicted molar refractivity (Wildman–Crippen MR) is 58.5 cm³/mol. The first kappa shape index (κ1) is 11.0. The standard InChI is InChI=1S/C11H18N2O/c1-9(8-14-3)7-13-11-10(2)5-4-6-12-11/h4-6,9H,7-8H2,1-3H3,(H,12,13). The van der Waals surface area contributed by atoms with Crippen LogP contribution in [0.4, 0.5) is 5.82 Å². The van der Waals surface area contributed by atoms with Gasteiger partial charge in [0.15, 0.2) is 0 Å². The van der Waals surface area contributed by atoms with Gasteiger partial charge in [-0.3, -0.25) is 0 Å². The van der Waals surface area contributed by atoms with Crippen LogP contribution in [-0.2, 0) is 4.74 Å². The highest BCUT2D eigenvalue weighted by Gasteiger charge is 2.02. The van der Waals surface area contributed by atoms with E-state index in [2.05, 4.69) is 30.2 Å². The van der Waals surface area contributed by atoms with Crippen molar-refractivity contribution in [2.45, 2.75) is 13.8 Å². The summed E-state index contributed by atoms with van der Waals surface area (Å²) in [5.74, 6) is 1.47. The number of nitrogens with zero attached hydrogens (tertiary/aromatic N) is 1. The molecule has 1 heterocycles. The maximum absolute atomic E-state index is 5.06. The fraction of sp³-hybridized carbons (Fsp3) is 0.545. The Hall–Kier alpha value is -1.09. The molecule has 1 atom stereocenters. The van der Waals surface area contributed by atoms with Gasteiger partial charge in [-0.25, -0.2) is 4.98 Å². The molecule has 78 valence electrons. The summed E-state index contributed by atoms with van der Waals surface area (Å²) in [4.78, 5) is 4.26. The molecule has 0 spiro atoms. The molecule has 0 radical (unpaired) electrons.